The van der Waals surface area contributed by atoms with E-state index in [1.54, 1.807) is 6.92 Å². The molecule has 2 amide bonds. The molecule has 3 aromatic rings. The van der Waals surface area contributed by atoms with Crippen LogP contribution < -0.4 is 16.4 Å². The molecule has 1 aromatic carbocycles. The van der Waals surface area contributed by atoms with Crippen LogP contribution in [0.4, 0.5) is 5.82 Å². The third-order valence-corrected chi connectivity index (χ3v) is 14.0. The highest BCUT2D eigenvalue weighted by atomic mass is 32.2. The van der Waals surface area contributed by atoms with Gasteiger partial charge in [0.1, 0.15) is 36.3 Å². The van der Waals surface area contributed by atoms with Crippen LogP contribution >= 0.6 is 34.4 Å². The summed E-state index contributed by atoms with van der Waals surface area (Å²) in [5.41, 5.74) is 4.26. The van der Waals surface area contributed by atoms with E-state index in [0.717, 1.165) is 22.1 Å². The van der Waals surface area contributed by atoms with Crippen molar-refractivity contribution in [3.63, 3.8) is 0 Å². The van der Waals surface area contributed by atoms with Gasteiger partial charge in [0.05, 0.1) is 19.5 Å². The fraction of sp³-hybridized carbons (Fsp3) is 0.533. The minimum Gasteiger partial charge on any atom is -0.386 e. The number of imidazole rings is 1. The molecular formula is C30H46N7O17P3S. The number of aromatic nitrogens is 4. The lowest BCUT2D eigenvalue weighted by molar-refractivity contribution is -0.137. The van der Waals surface area contributed by atoms with Crippen molar-refractivity contribution >= 4 is 68.3 Å². The van der Waals surface area contributed by atoms with Crippen LogP contribution in [0.5, 0.6) is 0 Å². The molecule has 1 saturated heterocycles. The van der Waals surface area contributed by atoms with Crippen LogP contribution in [0.15, 0.2) is 47.9 Å². The number of thiol groups is 1. The minimum atomic E-state index is -5.58. The topological polar surface area (TPSA) is 364 Å². The number of ether oxygens (including phenoxy) is 1. The van der Waals surface area contributed by atoms with E-state index >= 15 is 0 Å². The van der Waals surface area contributed by atoms with Crippen LogP contribution in [0.2, 0.25) is 0 Å². The number of fused-ring (bicyclic) bond motifs is 1. The Morgan fingerprint density at radius 2 is 1.69 bits per heavy atom. The van der Waals surface area contributed by atoms with Gasteiger partial charge in [-0.3, -0.25) is 32.5 Å². The predicted molar refractivity (Wildman–Crippen MR) is 203 cm³/mol. The molecule has 0 spiro atoms. The molecule has 2 aromatic heterocycles. The Hall–Kier alpha value is -3.22. The van der Waals surface area contributed by atoms with Crippen molar-refractivity contribution in [3.8, 4) is 0 Å². The summed E-state index contributed by atoms with van der Waals surface area (Å²) in [7, 11) is -17.5. The Balaban J connectivity index is 1.25. The van der Waals surface area contributed by atoms with Gasteiger partial charge < -0.3 is 50.9 Å². The number of aliphatic hydroxyl groups excluding tert-OH is 2. The Morgan fingerprint density at radius 3 is 2.34 bits per heavy atom. The highest BCUT2D eigenvalue weighted by molar-refractivity contribution is 8.29. The summed E-state index contributed by atoms with van der Waals surface area (Å²) in [5, 5.41) is 26.7. The highest BCUT2D eigenvalue weighted by Gasteiger charge is 2.50. The number of nitrogen functional groups attached to an aromatic ring is 1. The van der Waals surface area contributed by atoms with E-state index in [2.05, 4.69) is 34.4 Å². The second-order valence-corrected chi connectivity index (χ2v) is 19.9. The summed E-state index contributed by atoms with van der Waals surface area (Å²) in [4.78, 5) is 89.5. The first-order valence-electron chi connectivity index (χ1n) is 17.3. The molecule has 10 N–H and O–H groups in total. The first-order valence-corrected chi connectivity index (χ1v) is 23.3. The summed E-state index contributed by atoms with van der Waals surface area (Å²) >= 11 is 0. The number of amides is 2. The molecule has 1 aliphatic rings. The Bertz CT molecular complexity index is 2060. The predicted octanol–water partition coefficient (Wildman–Crippen LogP) is 0.402. The Kier molecular flexibility index (Phi) is 16.3. The number of carbonyl (C=O) groups is 3. The van der Waals surface area contributed by atoms with Crippen LogP contribution in [-0.4, -0.2) is 123 Å². The molecule has 28 heteroatoms. The number of nitrogens with one attached hydrogen (secondary N) is 2. The zero-order valence-electron chi connectivity index (χ0n) is 31.2. The molecule has 0 radical (unpaired) electrons. The fourth-order valence-corrected chi connectivity index (χ4v) is 10.3. The molecule has 324 valence electrons. The second-order valence-electron chi connectivity index (χ2n) is 13.3. The van der Waals surface area contributed by atoms with Gasteiger partial charge in [0.25, 0.3) is 0 Å². The van der Waals surface area contributed by atoms with Crippen molar-refractivity contribution in [3.05, 3.63) is 43.0 Å². The van der Waals surface area contributed by atoms with Crippen LogP contribution in [-0.2, 0) is 50.7 Å². The van der Waals surface area contributed by atoms with Gasteiger partial charge in [0.2, 0.25) is 11.8 Å². The number of aliphatic hydroxyl groups is 2. The largest absolute Gasteiger partial charge is 0.481 e. The van der Waals surface area contributed by atoms with E-state index in [4.69, 9.17) is 19.5 Å². The quantitative estimate of drug-likeness (QED) is 0.0511. The molecular weight excluding hydrogens is 855 g/mol. The number of phosphoric acid groups is 3. The van der Waals surface area contributed by atoms with Gasteiger partial charge in [0.15, 0.2) is 22.8 Å². The third-order valence-electron chi connectivity index (χ3n) is 8.41. The van der Waals surface area contributed by atoms with Crippen molar-refractivity contribution in [2.75, 3.05) is 37.8 Å². The van der Waals surface area contributed by atoms with E-state index in [1.807, 2.05) is 30.3 Å². The lowest BCUT2D eigenvalue weighted by Crippen LogP contribution is -2.46. The van der Waals surface area contributed by atoms with Gasteiger partial charge in [-0.2, -0.15) is 15.2 Å². The number of carbonyl (C=O) groups excluding carboxylic acids is 3. The first-order chi connectivity index (χ1) is 27.0. The smallest absolute Gasteiger partial charge is 0.386 e. The number of rotatable bonds is 21. The minimum absolute atomic E-state index is 0.0302. The van der Waals surface area contributed by atoms with Crippen LogP contribution in [0.1, 0.15) is 39.8 Å². The highest BCUT2D eigenvalue weighted by Crippen LogP contribution is 2.61. The lowest BCUT2D eigenvalue weighted by Gasteiger charge is -2.30. The number of hydrogen-bond acceptors (Lipinski definition) is 17. The first kappa shape index (κ1) is 47.5. The number of benzene rings is 1. The average Bonchev–Trinajstić information content (AvgIpc) is 3.71. The van der Waals surface area contributed by atoms with Crippen LogP contribution in [0, 0.1) is 5.41 Å². The van der Waals surface area contributed by atoms with Crippen molar-refractivity contribution in [2.24, 2.45) is 5.41 Å². The molecule has 0 aliphatic carbocycles. The van der Waals surface area contributed by atoms with Gasteiger partial charge in [0, 0.05) is 37.1 Å². The molecule has 3 heterocycles. The molecule has 0 bridgehead atoms. The summed E-state index contributed by atoms with van der Waals surface area (Å²) in [6.45, 7) is 2.29. The lowest BCUT2D eigenvalue weighted by atomic mass is 9.87. The molecule has 4 rings (SSSR count). The van der Waals surface area contributed by atoms with Crippen molar-refractivity contribution in [1.82, 2.24) is 30.2 Å². The molecule has 0 saturated carbocycles. The summed E-state index contributed by atoms with van der Waals surface area (Å²) in [6, 6.07) is 9.24. The van der Waals surface area contributed by atoms with E-state index in [1.165, 1.54) is 13.8 Å². The Labute approximate surface area is 333 Å². The molecule has 24 nitrogen and oxygen atoms in total. The number of nitrogens with two attached hydrogens (primary N) is 1. The Morgan fingerprint density at radius 1 is 1.02 bits per heavy atom. The second kappa shape index (κ2) is 19.9. The number of anilines is 1. The number of nitrogens with zero attached hydrogens (tertiary/aromatic N) is 4. The molecule has 1 fully saturated rings. The summed E-state index contributed by atoms with van der Waals surface area (Å²) in [6.07, 6.45) is -6.57. The SMILES string of the molecule is CCC(=O)[SH](CCNC(=O)CCNC(=O)C(O)C(C)(C)COP(=O)(O)OP(=O)(O)OC[C@H]1O[C@@H](n2cnc3c(N)ncnc32)[C@H](O)[C@@H]1OP(=O)(O)O)c1ccccc1. The van der Waals surface area contributed by atoms with Gasteiger partial charge >= 0.3 is 23.5 Å². The van der Waals surface area contributed by atoms with Crippen molar-refractivity contribution in [1.29, 1.82) is 0 Å². The standard InChI is InChI=1S/C30H46N7O17P3S/c1-4-21(39)58(18-8-6-5-7-9-18)13-12-32-20(38)10-11-33-28(42)25(41)30(2,3)15-51-57(48,49)54-56(46,47)50-14-19-24(53-55(43,44)45)23(40)29(52-19)37-17-36-22-26(31)34-16-35-27(22)37/h5-9,16-17,19,23-25,29,40-41,58H,4,10-15H2,1-3H3,(H,32,38)(H,33,42)(H,46,47)(H,48,49)(H2,31,34,35)(H2,43,44,45)/t19-,23-,24-,25?,29-/m1/s1. The van der Waals surface area contributed by atoms with Crippen molar-refractivity contribution in [2.45, 2.75) is 69.2 Å². The van der Waals surface area contributed by atoms with E-state index < -0.39 is 95.4 Å². The van der Waals surface area contributed by atoms with Gasteiger partial charge in [-0.15, -0.1) is 0 Å². The summed E-state index contributed by atoms with van der Waals surface area (Å²) in [5.74, 6) is -1.01. The van der Waals surface area contributed by atoms with E-state index in [9.17, 15) is 57.9 Å². The van der Waals surface area contributed by atoms with E-state index in [0.29, 0.717) is 12.2 Å². The molecule has 58 heavy (non-hydrogen) atoms. The van der Waals surface area contributed by atoms with Gasteiger partial charge in [-0.05, 0) is 17.0 Å². The fourth-order valence-electron chi connectivity index (χ4n) is 5.44. The third kappa shape index (κ3) is 13.1. The van der Waals surface area contributed by atoms with Crippen molar-refractivity contribution < 1.29 is 80.5 Å². The molecule has 4 unspecified atom stereocenters. The van der Waals surface area contributed by atoms with Gasteiger partial charge in [-0.1, -0.05) is 39.0 Å². The van der Waals surface area contributed by atoms with Crippen LogP contribution in [0.25, 0.3) is 11.2 Å². The zero-order chi connectivity index (χ0) is 43.1. The molecule has 1 aliphatic heterocycles. The maximum Gasteiger partial charge on any atom is 0.481 e. The monoisotopic (exact) mass is 901 g/mol. The normalized spacial score (nSPS) is 22.1. The number of phosphoric ester groups is 3. The van der Waals surface area contributed by atoms with Gasteiger partial charge in [-0.25, -0.2) is 28.6 Å². The summed E-state index contributed by atoms with van der Waals surface area (Å²) < 4.78 is 62.3. The maximum absolute atomic E-state index is 12.7. The zero-order valence-corrected chi connectivity index (χ0v) is 34.8. The number of hydrogen-bond donors (Lipinski definition) is 10. The molecule has 8 atom stereocenters. The maximum atomic E-state index is 12.7. The average molecular weight is 902 g/mol. The van der Waals surface area contributed by atoms with E-state index in [-0.39, 0.29) is 41.6 Å². The van der Waals surface area contributed by atoms with Crippen LogP contribution in [0.3, 0.4) is 0 Å².